The molecule has 4 heterocycles. The smallest absolute Gasteiger partial charge is 0.223 e. The summed E-state index contributed by atoms with van der Waals surface area (Å²) in [6, 6.07) is 11.9. The molecule has 3 aromatic heterocycles. The highest BCUT2D eigenvalue weighted by molar-refractivity contribution is 5.77. The summed E-state index contributed by atoms with van der Waals surface area (Å²) in [6.45, 7) is 2.76. The van der Waals surface area contributed by atoms with Gasteiger partial charge in [-0.15, -0.1) is 0 Å². The molecule has 0 unspecified atom stereocenters. The minimum Gasteiger partial charge on any atom is -0.334 e. The number of hydrogen-bond acceptors (Lipinski definition) is 5. The summed E-state index contributed by atoms with van der Waals surface area (Å²) in [4.78, 5) is 24.5. The Morgan fingerprint density at radius 3 is 2.78 bits per heavy atom. The molecule has 2 N–H and O–H groups in total. The van der Waals surface area contributed by atoms with Gasteiger partial charge >= 0.3 is 0 Å². The normalized spacial score (nSPS) is 17.9. The summed E-state index contributed by atoms with van der Waals surface area (Å²) in [5, 5.41) is 11.0. The lowest BCUT2D eigenvalue weighted by Gasteiger charge is -2.25. The van der Waals surface area contributed by atoms with Gasteiger partial charge in [0, 0.05) is 30.8 Å². The molecule has 32 heavy (non-hydrogen) atoms. The predicted octanol–water partition coefficient (Wildman–Crippen LogP) is 4.43. The number of aromatic nitrogens is 4. The Labute approximate surface area is 188 Å². The number of aromatic amines is 1. The number of likely N-dealkylation sites (tertiary alicyclic amines) is 1. The van der Waals surface area contributed by atoms with Crippen LogP contribution in [0, 0.1) is 6.92 Å². The van der Waals surface area contributed by atoms with Gasteiger partial charge in [-0.05, 0) is 75.3 Å². The first-order valence-electron chi connectivity index (χ1n) is 11.7. The average Bonchev–Trinajstić information content (AvgIpc) is 3.45. The standard InChI is InChI=1S/C25H30N6O/c1-17-7-4-12-23(26-17)28-24-13-5-10-21(27-24)22-11-6-16-31(22)25(32)15-14-20-18-8-2-3-9-19(18)29-30-20/h4-5,7,10,12-13,22H,2-3,6,8-9,11,14-16H2,1H3,(H,29,30)(H,26,27,28)/t22-/m0/s1. The highest BCUT2D eigenvalue weighted by Crippen LogP contribution is 2.32. The van der Waals surface area contributed by atoms with Crippen molar-refractivity contribution in [3.05, 3.63) is 64.7 Å². The van der Waals surface area contributed by atoms with Crippen molar-refractivity contribution in [3.8, 4) is 0 Å². The van der Waals surface area contributed by atoms with Gasteiger partial charge in [-0.3, -0.25) is 9.89 Å². The van der Waals surface area contributed by atoms with Gasteiger partial charge < -0.3 is 10.2 Å². The topological polar surface area (TPSA) is 86.8 Å². The van der Waals surface area contributed by atoms with E-state index >= 15 is 0 Å². The van der Waals surface area contributed by atoms with Crippen molar-refractivity contribution < 1.29 is 4.79 Å². The molecule has 1 saturated heterocycles. The van der Waals surface area contributed by atoms with Crippen LogP contribution in [0.2, 0.25) is 0 Å². The molecule has 3 aromatic rings. The molecule has 5 rings (SSSR count). The van der Waals surface area contributed by atoms with Crippen molar-refractivity contribution in [1.29, 1.82) is 0 Å². The first-order chi connectivity index (χ1) is 15.7. The van der Waals surface area contributed by atoms with Gasteiger partial charge in [0.2, 0.25) is 5.91 Å². The Hall–Kier alpha value is -3.22. The minimum atomic E-state index is 0.0304. The lowest BCUT2D eigenvalue weighted by Crippen LogP contribution is -2.31. The van der Waals surface area contributed by atoms with Crippen LogP contribution in [0.15, 0.2) is 36.4 Å². The maximum absolute atomic E-state index is 13.1. The molecule has 1 fully saturated rings. The number of rotatable bonds is 6. The molecular weight excluding hydrogens is 400 g/mol. The van der Waals surface area contributed by atoms with Crippen molar-refractivity contribution in [2.45, 2.75) is 64.3 Å². The van der Waals surface area contributed by atoms with Crippen LogP contribution in [-0.2, 0) is 24.1 Å². The first-order valence-corrected chi connectivity index (χ1v) is 11.7. The third-order valence-electron chi connectivity index (χ3n) is 6.55. The van der Waals surface area contributed by atoms with Gasteiger partial charge in [-0.1, -0.05) is 12.1 Å². The fourth-order valence-corrected chi connectivity index (χ4v) is 4.95. The van der Waals surface area contributed by atoms with E-state index in [2.05, 4.69) is 20.5 Å². The number of hydrogen-bond donors (Lipinski definition) is 2. The number of nitrogens with one attached hydrogen (secondary N) is 2. The average molecular weight is 431 g/mol. The van der Waals surface area contributed by atoms with Crippen LogP contribution in [0.1, 0.15) is 66.5 Å². The quantitative estimate of drug-likeness (QED) is 0.604. The van der Waals surface area contributed by atoms with E-state index in [4.69, 9.17) is 4.98 Å². The van der Waals surface area contributed by atoms with E-state index in [1.807, 2.05) is 48.2 Å². The number of anilines is 2. The van der Waals surface area contributed by atoms with E-state index in [1.54, 1.807) is 0 Å². The summed E-state index contributed by atoms with van der Waals surface area (Å²) in [7, 11) is 0. The summed E-state index contributed by atoms with van der Waals surface area (Å²) in [6.07, 6.45) is 7.77. The summed E-state index contributed by atoms with van der Waals surface area (Å²) >= 11 is 0. The number of carbonyl (C=O) groups excluding carboxylic acids is 1. The second kappa shape index (κ2) is 9.10. The number of nitrogens with zero attached hydrogens (tertiary/aromatic N) is 4. The van der Waals surface area contributed by atoms with Crippen molar-refractivity contribution in [1.82, 2.24) is 25.1 Å². The van der Waals surface area contributed by atoms with Crippen LogP contribution >= 0.6 is 0 Å². The van der Waals surface area contributed by atoms with Crippen molar-refractivity contribution >= 4 is 17.5 Å². The molecule has 0 bridgehead atoms. The minimum absolute atomic E-state index is 0.0304. The maximum Gasteiger partial charge on any atom is 0.223 e. The Kier molecular flexibility index (Phi) is 5.88. The summed E-state index contributed by atoms with van der Waals surface area (Å²) in [5.74, 6) is 1.72. The molecule has 7 nitrogen and oxygen atoms in total. The van der Waals surface area contributed by atoms with Crippen molar-refractivity contribution in [2.75, 3.05) is 11.9 Å². The number of amides is 1. The first kappa shape index (κ1) is 20.7. The molecule has 1 atom stereocenters. The van der Waals surface area contributed by atoms with Crippen LogP contribution < -0.4 is 5.32 Å². The number of H-pyrrole nitrogens is 1. The number of fused-ring (bicyclic) bond motifs is 1. The Morgan fingerprint density at radius 2 is 1.91 bits per heavy atom. The van der Waals surface area contributed by atoms with E-state index in [0.29, 0.717) is 12.8 Å². The molecule has 0 spiro atoms. The molecule has 7 heteroatoms. The molecule has 1 amide bonds. The molecular formula is C25H30N6O. The molecule has 166 valence electrons. The fraction of sp³-hybridized carbons (Fsp3) is 0.440. The monoisotopic (exact) mass is 430 g/mol. The van der Waals surface area contributed by atoms with Crippen LogP contribution in [0.25, 0.3) is 0 Å². The van der Waals surface area contributed by atoms with Crippen LogP contribution in [0.3, 0.4) is 0 Å². The molecule has 1 aliphatic heterocycles. The molecule has 2 aliphatic rings. The second-order valence-corrected chi connectivity index (χ2v) is 8.82. The van der Waals surface area contributed by atoms with Gasteiger partial charge in [0.05, 0.1) is 17.4 Å². The molecule has 0 saturated carbocycles. The van der Waals surface area contributed by atoms with Crippen LogP contribution in [-0.4, -0.2) is 37.5 Å². The molecule has 1 aliphatic carbocycles. The van der Waals surface area contributed by atoms with E-state index in [-0.39, 0.29) is 11.9 Å². The number of aryl methyl sites for hydroxylation is 3. The molecule has 0 aromatic carbocycles. The zero-order valence-electron chi connectivity index (χ0n) is 18.6. The Bertz CT molecular complexity index is 1110. The van der Waals surface area contributed by atoms with Crippen molar-refractivity contribution in [3.63, 3.8) is 0 Å². The zero-order valence-corrected chi connectivity index (χ0v) is 18.6. The van der Waals surface area contributed by atoms with Gasteiger partial charge in [-0.2, -0.15) is 5.10 Å². The largest absolute Gasteiger partial charge is 0.334 e. The number of pyridine rings is 2. The third-order valence-corrected chi connectivity index (χ3v) is 6.55. The SMILES string of the molecule is Cc1cccc(Nc2cccc([C@@H]3CCCN3C(=O)CCc3n[nH]c4c3CCCC4)n2)n1. The van der Waals surface area contributed by atoms with E-state index in [1.165, 1.54) is 24.1 Å². The van der Waals surface area contributed by atoms with Gasteiger partial charge in [0.15, 0.2) is 0 Å². The molecule has 0 radical (unpaired) electrons. The highest BCUT2D eigenvalue weighted by atomic mass is 16.2. The van der Waals surface area contributed by atoms with Gasteiger partial charge in [0.1, 0.15) is 11.6 Å². The Morgan fingerprint density at radius 1 is 1.09 bits per heavy atom. The van der Waals surface area contributed by atoms with Gasteiger partial charge in [0.25, 0.3) is 0 Å². The maximum atomic E-state index is 13.1. The lowest BCUT2D eigenvalue weighted by atomic mass is 9.94. The van der Waals surface area contributed by atoms with Crippen molar-refractivity contribution in [2.24, 2.45) is 0 Å². The van der Waals surface area contributed by atoms with Gasteiger partial charge in [-0.25, -0.2) is 9.97 Å². The summed E-state index contributed by atoms with van der Waals surface area (Å²) in [5.41, 5.74) is 5.60. The lowest BCUT2D eigenvalue weighted by molar-refractivity contribution is -0.132. The third kappa shape index (κ3) is 4.38. The fourth-order valence-electron chi connectivity index (χ4n) is 4.95. The van der Waals surface area contributed by atoms with E-state index < -0.39 is 0 Å². The summed E-state index contributed by atoms with van der Waals surface area (Å²) < 4.78 is 0. The second-order valence-electron chi connectivity index (χ2n) is 8.82. The predicted molar refractivity (Wildman–Crippen MR) is 124 cm³/mol. The highest BCUT2D eigenvalue weighted by Gasteiger charge is 2.31. The van der Waals surface area contributed by atoms with E-state index in [9.17, 15) is 4.79 Å². The Balaban J connectivity index is 1.26. The van der Waals surface area contributed by atoms with Crippen LogP contribution in [0.4, 0.5) is 11.6 Å². The van der Waals surface area contributed by atoms with E-state index in [0.717, 1.165) is 60.9 Å². The zero-order chi connectivity index (χ0) is 21.9. The number of carbonyl (C=O) groups is 1. The van der Waals surface area contributed by atoms with Crippen LogP contribution in [0.5, 0.6) is 0 Å².